The molecule has 0 bridgehead atoms. The van der Waals surface area contributed by atoms with Gasteiger partial charge in [-0.3, -0.25) is 14.7 Å². The monoisotopic (exact) mass is 557 g/mol. The summed E-state index contributed by atoms with van der Waals surface area (Å²) in [4.78, 5) is 21.6. The van der Waals surface area contributed by atoms with E-state index in [1.807, 2.05) is 47.0 Å². The molecule has 1 amide bonds. The lowest BCUT2D eigenvalue weighted by atomic mass is 10.1. The lowest BCUT2D eigenvalue weighted by molar-refractivity contribution is -0.591. The van der Waals surface area contributed by atoms with E-state index in [9.17, 15) is 9.90 Å². The van der Waals surface area contributed by atoms with Crippen molar-refractivity contribution in [2.24, 2.45) is 0 Å². The third-order valence-corrected chi connectivity index (χ3v) is 8.40. The first kappa shape index (κ1) is 28.6. The lowest BCUT2D eigenvalue weighted by Crippen LogP contribution is -2.50. The number of benzene rings is 2. The molecule has 41 heavy (non-hydrogen) atoms. The zero-order valence-electron chi connectivity index (χ0n) is 24.5. The smallest absolute Gasteiger partial charge is 0.497 e. The quantitative estimate of drug-likeness (QED) is 0.305. The largest absolute Gasteiger partial charge is 0.547 e. The first-order valence-electron chi connectivity index (χ1n) is 14.5. The number of methoxy groups -OCH3 is 1. The van der Waals surface area contributed by atoms with Gasteiger partial charge in [-0.25, -0.2) is 0 Å². The van der Waals surface area contributed by atoms with Crippen LogP contribution in [0.25, 0.3) is 11.1 Å². The van der Waals surface area contributed by atoms with Crippen molar-refractivity contribution in [2.45, 2.75) is 57.7 Å². The maximum atomic E-state index is 13.1. The Bertz CT molecular complexity index is 1360. The third kappa shape index (κ3) is 6.70. The fraction of sp³-hybridized carbons (Fsp3) is 0.424. The number of aromatic nitrogens is 1. The van der Waals surface area contributed by atoms with Gasteiger partial charge in [0, 0.05) is 31.0 Å². The Hall–Kier alpha value is -3.91. The number of hydrogen-bond acceptors (Lipinski definition) is 5. The Morgan fingerprint density at radius 3 is 2.37 bits per heavy atom. The molecule has 1 N–H and O–H groups in total. The van der Waals surface area contributed by atoms with Gasteiger partial charge >= 0.3 is 6.08 Å². The molecule has 1 saturated heterocycles. The molecule has 0 spiro atoms. The summed E-state index contributed by atoms with van der Waals surface area (Å²) in [7, 11) is 3.41. The highest BCUT2D eigenvalue weighted by Crippen LogP contribution is 2.32. The van der Waals surface area contributed by atoms with Crippen molar-refractivity contribution >= 4 is 17.7 Å². The standard InChI is InChI=1S/C33H40N4O4/c1-24-22-36(19-20-37(24)32(39)41-33(2)17-5-6-18-33)23-25-7-12-28(13-8-25)35(3)31(38)30-16-11-27(21-34-30)26-9-14-29(40-4)15-10-26/h7-16,21,24H,5-6,17-20,22-23H2,1-4H3/p+1/t24-/m0/s1. The fourth-order valence-electron chi connectivity index (χ4n) is 5.81. The van der Waals surface area contributed by atoms with Crippen LogP contribution in [-0.2, 0) is 11.3 Å². The summed E-state index contributed by atoms with van der Waals surface area (Å²) >= 11 is 0. The average Bonchev–Trinajstić information content (AvgIpc) is 3.42. The molecular formula is C33H41N4O4+. The molecule has 1 aliphatic carbocycles. The van der Waals surface area contributed by atoms with Crippen LogP contribution in [0.2, 0.25) is 0 Å². The molecule has 1 aromatic heterocycles. The number of pyridine rings is 1. The van der Waals surface area contributed by atoms with Crippen molar-refractivity contribution in [3.8, 4) is 16.9 Å². The van der Waals surface area contributed by atoms with E-state index >= 15 is 0 Å². The molecular weight excluding hydrogens is 516 g/mol. The second-order valence-electron chi connectivity index (χ2n) is 11.5. The van der Waals surface area contributed by atoms with Crippen molar-refractivity contribution in [2.75, 3.05) is 38.7 Å². The minimum absolute atomic E-state index is 0.0727. The molecule has 5 rings (SSSR count). The second-order valence-corrected chi connectivity index (χ2v) is 11.5. The van der Waals surface area contributed by atoms with Gasteiger partial charge in [0.2, 0.25) is 0 Å². The minimum atomic E-state index is -0.242. The van der Waals surface area contributed by atoms with E-state index in [1.165, 1.54) is 5.56 Å². The molecule has 2 aromatic carbocycles. The summed E-state index contributed by atoms with van der Waals surface area (Å²) in [6.45, 7) is 7.44. The summed E-state index contributed by atoms with van der Waals surface area (Å²) in [5.74, 6) is 0.639. The number of carbonyl (C=O) groups is 1. The van der Waals surface area contributed by atoms with Gasteiger partial charge in [-0.2, -0.15) is 4.58 Å². The number of amides is 1. The Morgan fingerprint density at radius 2 is 1.76 bits per heavy atom. The summed E-state index contributed by atoms with van der Waals surface area (Å²) in [5.41, 5.74) is 4.10. The summed E-state index contributed by atoms with van der Waals surface area (Å²) < 4.78 is 13.2. The zero-order chi connectivity index (χ0) is 29.0. The molecule has 2 aliphatic rings. The molecule has 8 heteroatoms. The van der Waals surface area contributed by atoms with Gasteiger partial charge in [0.15, 0.2) is 12.6 Å². The summed E-state index contributed by atoms with van der Waals surface area (Å²) in [5, 5.41) is 10.7. The second kappa shape index (κ2) is 12.3. The number of aliphatic hydroxyl groups excluding tert-OH is 1. The Labute approximate surface area is 242 Å². The minimum Gasteiger partial charge on any atom is -0.497 e. The number of ether oxygens (including phenoxy) is 2. The number of anilines is 1. The van der Waals surface area contributed by atoms with Crippen molar-refractivity contribution < 1.29 is 24.0 Å². The van der Waals surface area contributed by atoms with Crippen molar-refractivity contribution in [3.05, 3.63) is 78.1 Å². The van der Waals surface area contributed by atoms with Gasteiger partial charge in [-0.05, 0) is 81.0 Å². The number of rotatable bonds is 7. The van der Waals surface area contributed by atoms with Crippen molar-refractivity contribution in [1.82, 2.24) is 9.88 Å². The third-order valence-electron chi connectivity index (χ3n) is 8.40. The summed E-state index contributed by atoms with van der Waals surface area (Å²) in [6.07, 6.45) is 6.11. The SMILES string of the molecule is COc1ccc(-c2ccc(C(=O)N(C)c3ccc(CN4CC[N+](=C(O)OC5(C)CCCC5)[C@@H](C)C4)cc3)nc2)cc1. The topological polar surface area (TPSA) is 78.1 Å². The highest BCUT2D eigenvalue weighted by Gasteiger charge is 2.37. The maximum absolute atomic E-state index is 13.1. The number of carbonyl (C=O) groups excluding carboxylic acids is 1. The molecule has 1 aliphatic heterocycles. The highest BCUT2D eigenvalue weighted by molar-refractivity contribution is 6.04. The molecule has 8 nitrogen and oxygen atoms in total. The highest BCUT2D eigenvalue weighted by atomic mass is 16.6. The van der Waals surface area contributed by atoms with E-state index in [2.05, 4.69) is 35.9 Å². The van der Waals surface area contributed by atoms with Gasteiger partial charge in [0.05, 0.1) is 20.2 Å². The zero-order valence-corrected chi connectivity index (χ0v) is 24.5. The van der Waals surface area contributed by atoms with Gasteiger partial charge in [-0.15, -0.1) is 0 Å². The van der Waals surface area contributed by atoms with Gasteiger partial charge in [0.1, 0.15) is 17.0 Å². The van der Waals surface area contributed by atoms with Crippen LogP contribution >= 0.6 is 0 Å². The first-order chi connectivity index (χ1) is 19.7. The number of hydrogen-bond donors (Lipinski definition) is 1. The average molecular weight is 558 g/mol. The van der Waals surface area contributed by atoms with Crippen LogP contribution in [0.15, 0.2) is 66.9 Å². The first-order valence-corrected chi connectivity index (χ1v) is 14.5. The van der Waals surface area contributed by atoms with Gasteiger partial charge in [-0.1, -0.05) is 30.3 Å². The number of aliphatic hydroxyl groups is 1. The molecule has 3 aromatic rings. The van der Waals surface area contributed by atoms with Crippen LogP contribution in [0.3, 0.4) is 0 Å². The van der Waals surface area contributed by atoms with Crippen LogP contribution in [0.4, 0.5) is 5.69 Å². The predicted octanol–water partition coefficient (Wildman–Crippen LogP) is 5.51. The number of nitrogens with zero attached hydrogens (tertiary/aromatic N) is 4. The molecule has 1 saturated carbocycles. The van der Waals surface area contributed by atoms with Crippen LogP contribution in [0.5, 0.6) is 5.75 Å². The van der Waals surface area contributed by atoms with E-state index in [1.54, 1.807) is 31.3 Å². The van der Waals surface area contributed by atoms with Crippen molar-refractivity contribution in [1.29, 1.82) is 0 Å². The molecule has 2 heterocycles. The molecule has 216 valence electrons. The van der Waals surface area contributed by atoms with E-state index in [-0.39, 0.29) is 23.6 Å². The van der Waals surface area contributed by atoms with Crippen LogP contribution in [0, 0.1) is 0 Å². The van der Waals surface area contributed by atoms with Crippen LogP contribution < -0.4 is 9.64 Å². The fourth-order valence-corrected chi connectivity index (χ4v) is 5.81. The normalized spacial score (nSPS) is 20.0. The molecule has 0 radical (unpaired) electrons. The Morgan fingerprint density at radius 1 is 1.07 bits per heavy atom. The lowest BCUT2D eigenvalue weighted by Gasteiger charge is -2.30. The van der Waals surface area contributed by atoms with E-state index in [0.29, 0.717) is 5.69 Å². The molecule has 0 unspecified atom stereocenters. The van der Waals surface area contributed by atoms with Crippen LogP contribution in [-0.4, -0.2) is 77.0 Å². The molecule has 1 atom stereocenters. The van der Waals surface area contributed by atoms with Crippen LogP contribution in [0.1, 0.15) is 55.6 Å². The Kier molecular flexibility index (Phi) is 8.59. The molecule has 2 fully saturated rings. The van der Waals surface area contributed by atoms with E-state index < -0.39 is 0 Å². The Balaban J connectivity index is 1.16. The number of piperazine rings is 1. The van der Waals surface area contributed by atoms with Gasteiger partial charge < -0.3 is 19.5 Å². The van der Waals surface area contributed by atoms with Gasteiger partial charge in [0.25, 0.3) is 5.91 Å². The summed E-state index contributed by atoms with van der Waals surface area (Å²) in [6, 6.07) is 19.7. The maximum Gasteiger partial charge on any atom is 0.547 e. The van der Waals surface area contributed by atoms with E-state index in [0.717, 1.165) is 74.4 Å². The predicted molar refractivity (Wildman–Crippen MR) is 161 cm³/mol. The van der Waals surface area contributed by atoms with E-state index in [4.69, 9.17) is 9.47 Å². The van der Waals surface area contributed by atoms with Crippen molar-refractivity contribution in [3.63, 3.8) is 0 Å².